The topological polar surface area (TPSA) is 127 Å². The molecule has 2 aromatic heterocycles. The van der Waals surface area contributed by atoms with Crippen LogP contribution in [0, 0.1) is 0 Å². The van der Waals surface area contributed by atoms with Gasteiger partial charge in [-0.2, -0.15) is 0 Å². The molecular weight excluding hydrogens is 388 g/mol. The highest BCUT2D eigenvalue weighted by Gasteiger charge is 2.28. The van der Waals surface area contributed by atoms with Gasteiger partial charge in [0.2, 0.25) is 0 Å². The van der Waals surface area contributed by atoms with Crippen LogP contribution >= 0.6 is 0 Å². The van der Waals surface area contributed by atoms with Crippen molar-refractivity contribution in [1.82, 2.24) is 10.3 Å². The molecule has 0 aliphatic carbocycles. The lowest BCUT2D eigenvalue weighted by Crippen LogP contribution is -2.05. The van der Waals surface area contributed by atoms with E-state index in [0.717, 1.165) is 0 Å². The zero-order valence-corrected chi connectivity index (χ0v) is 15.6. The molecule has 8 heteroatoms. The van der Waals surface area contributed by atoms with Gasteiger partial charge in [0.25, 0.3) is 0 Å². The SMILES string of the molecule is O=C(O)Cc1c(-c2noc(-c3ccccc3)c2CC(=O)O)noc1-c1ccccc1. The monoisotopic (exact) mass is 404 g/mol. The molecule has 0 radical (unpaired) electrons. The third kappa shape index (κ3) is 3.70. The zero-order valence-electron chi connectivity index (χ0n) is 15.6. The Morgan fingerprint density at radius 2 is 1.03 bits per heavy atom. The van der Waals surface area contributed by atoms with E-state index in [2.05, 4.69) is 10.3 Å². The summed E-state index contributed by atoms with van der Waals surface area (Å²) in [6.45, 7) is 0. The summed E-state index contributed by atoms with van der Waals surface area (Å²) in [5.41, 5.74) is 2.21. The second-order valence-electron chi connectivity index (χ2n) is 6.55. The van der Waals surface area contributed by atoms with E-state index in [1.807, 2.05) is 12.1 Å². The summed E-state index contributed by atoms with van der Waals surface area (Å²) in [4.78, 5) is 23.0. The first-order valence-corrected chi connectivity index (χ1v) is 9.06. The minimum atomic E-state index is -1.08. The Morgan fingerprint density at radius 3 is 1.37 bits per heavy atom. The van der Waals surface area contributed by atoms with Gasteiger partial charge < -0.3 is 19.3 Å². The van der Waals surface area contributed by atoms with Gasteiger partial charge in [0, 0.05) is 22.3 Å². The van der Waals surface area contributed by atoms with Crippen molar-refractivity contribution in [3.8, 4) is 34.0 Å². The molecule has 0 spiro atoms. The van der Waals surface area contributed by atoms with Crippen molar-refractivity contribution >= 4 is 11.9 Å². The Balaban J connectivity index is 1.90. The number of carbonyl (C=O) groups is 2. The Bertz CT molecular complexity index is 1100. The lowest BCUT2D eigenvalue weighted by atomic mass is 9.98. The van der Waals surface area contributed by atoms with Crippen LogP contribution in [0.3, 0.4) is 0 Å². The molecule has 0 aliphatic heterocycles. The van der Waals surface area contributed by atoms with E-state index in [1.165, 1.54) is 0 Å². The number of rotatable bonds is 7. The van der Waals surface area contributed by atoms with E-state index in [0.29, 0.717) is 33.8 Å². The van der Waals surface area contributed by atoms with Gasteiger partial charge in [0.1, 0.15) is 11.4 Å². The van der Waals surface area contributed by atoms with Gasteiger partial charge in [-0.3, -0.25) is 9.59 Å². The van der Waals surface area contributed by atoms with Crippen molar-refractivity contribution in [3.05, 3.63) is 71.8 Å². The first-order chi connectivity index (χ1) is 14.5. The number of benzene rings is 2. The van der Waals surface area contributed by atoms with Gasteiger partial charge in [-0.25, -0.2) is 0 Å². The van der Waals surface area contributed by atoms with Crippen molar-refractivity contribution < 1.29 is 28.8 Å². The predicted octanol–water partition coefficient (Wildman–Crippen LogP) is 3.92. The molecule has 0 amide bonds. The van der Waals surface area contributed by atoms with E-state index in [1.54, 1.807) is 48.5 Å². The van der Waals surface area contributed by atoms with Crippen LogP contribution < -0.4 is 0 Å². The quantitative estimate of drug-likeness (QED) is 0.475. The van der Waals surface area contributed by atoms with Crippen LogP contribution in [0.2, 0.25) is 0 Å². The fourth-order valence-corrected chi connectivity index (χ4v) is 3.25. The third-order valence-electron chi connectivity index (χ3n) is 4.53. The predicted molar refractivity (Wildman–Crippen MR) is 106 cm³/mol. The lowest BCUT2D eigenvalue weighted by Gasteiger charge is -2.03. The van der Waals surface area contributed by atoms with Crippen molar-refractivity contribution in [2.75, 3.05) is 0 Å². The highest BCUT2D eigenvalue weighted by molar-refractivity contribution is 5.84. The van der Waals surface area contributed by atoms with Crippen LogP contribution in [0.25, 0.3) is 34.0 Å². The molecule has 0 fully saturated rings. The van der Waals surface area contributed by atoms with Crippen molar-refractivity contribution in [2.24, 2.45) is 0 Å². The molecule has 0 unspecified atom stereocenters. The second-order valence-corrected chi connectivity index (χ2v) is 6.55. The second kappa shape index (κ2) is 8.04. The molecule has 4 aromatic rings. The van der Waals surface area contributed by atoms with Gasteiger partial charge in [0.15, 0.2) is 11.5 Å². The summed E-state index contributed by atoms with van der Waals surface area (Å²) in [6.07, 6.45) is -0.744. The number of carboxylic acid groups (broad SMARTS) is 2. The van der Waals surface area contributed by atoms with Gasteiger partial charge >= 0.3 is 11.9 Å². The zero-order chi connectivity index (χ0) is 21.1. The molecular formula is C22H16N2O6. The van der Waals surface area contributed by atoms with Crippen molar-refractivity contribution in [2.45, 2.75) is 12.8 Å². The maximum absolute atomic E-state index is 11.5. The molecule has 2 heterocycles. The van der Waals surface area contributed by atoms with Crippen LogP contribution in [0.1, 0.15) is 11.1 Å². The summed E-state index contributed by atoms with van der Waals surface area (Å²) >= 11 is 0. The molecule has 8 nitrogen and oxygen atoms in total. The van der Waals surface area contributed by atoms with Gasteiger partial charge in [0.05, 0.1) is 12.8 Å². The summed E-state index contributed by atoms with van der Waals surface area (Å²) in [6, 6.07) is 17.9. The van der Waals surface area contributed by atoms with E-state index < -0.39 is 11.9 Å². The Kier molecular flexibility index (Phi) is 5.13. The van der Waals surface area contributed by atoms with Crippen LogP contribution in [0.4, 0.5) is 0 Å². The summed E-state index contributed by atoms with van der Waals surface area (Å²) < 4.78 is 10.9. The third-order valence-corrected chi connectivity index (χ3v) is 4.53. The largest absolute Gasteiger partial charge is 0.481 e. The van der Waals surface area contributed by atoms with Gasteiger partial charge in [-0.05, 0) is 0 Å². The molecule has 30 heavy (non-hydrogen) atoms. The molecule has 2 N–H and O–H groups in total. The molecule has 150 valence electrons. The first-order valence-electron chi connectivity index (χ1n) is 9.06. The van der Waals surface area contributed by atoms with Gasteiger partial charge in [-0.15, -0.1) is 0 Å². The summed E-state index contributed by atoms with van der Waals surface area (Å²) in [7, 11) is 0. The van der Waals surface area contributed by atoms with E-state index in [9.17, 15) is 19.8 Å². The lowest BCUT2D eigenvalue weighted by molar-refractivity contribution is -0.137. The Morgan fingerprint density at radius 1 is 0.667 bits per heavy atom. The number of aromatic nitrogens is 2. The summed E-state index contributed by atoms with van der Waals surface area (Å²) in [5.74, 6) is -1.58. The maximum atomic E-state index is 11.5. The first kappa shape index (κ1) is 19.1. The molecule has 0 atom stereocenters. The highest BCUT2D eigenvalue weighted by atomic mass is 16.5. The van der Waals surface area contributed by atoms with E-state index in [-0.39, 0.29) is 24.2 Å². The van der Waals surface area contributed by atoms with Gasteiger partial charge in [-0.1, -0.05) is 71.0 Å². The number of aliphatic carboxylic acids is 2. The number of hydrogen-bond donors (Lipinski definition) is 2. The normalized spacial score (nSPS) is 10.8. The minimum Gasteiger partial charge on any atom is -0.481 e. The van der Waals surface area contributed by atoms with Crippen LogP contribution in [-0.4, -0.2) is 32.5 Å². The minimum absolute atomic E-state index is 0.151. The summed E-state index contributed by atoms with van der Waals surface area (Å²) in [5, 5.41) is 26.9. The molecule has 2 aromatic carbocycles. The number of carboxylic acids is 2. The van der Waals surface area contributed by atoms with Crippen molar-refractivity contribution in [1.29, 1.82) is 0 Å². The van der Waals surface area contributed by atoms with Crippen LogP contribution in [0.15, 0.2) is 69.7 Å². The Hall–Kier alpha value is -4.20. The molecule has 0 aliphatic rings. The molecule has 0 bridgehead atoms. The fraction of sp³-hybridized carbons (Fsp3) is 0.0909. The van der Waals surface area contributed by atoms with Crippen LogP contribution in [-0.2, 0) is 22.4 Å². The number of hydrogen-bond acceptors (Lipinski definition) is 6. The standard InChI is InChI=1S/C22H16N2O6/c25-17(26)11-15-19(23-29-21(15)13-7-3-1-4-8-13)20-16(12-18(27)28)22(30-24-20)14-9-5-2-6-10-14/h1-10H,11-12H2,(H,25,26)(H,27,28). The number of nitrogens with zero attached hydrogens (tertiary/aromatic N) is 2. The fourth-order valence-electron chi connectivity index (χ4n) is 3.25. The Labute approximate surface area is 170 Å². The molecule has 4 rings (SSSR count). The average Bonchev–Trinajstić information content (AvgIpc) is 3.32. The van der Waals surface area contributed by atoms with Crippen molar-refractivity contribution in [3.63, 3.8) is 0 Å². The smallest absolute Gasteiger partial charge is 0.308 e. The average molecular weight is 404 g/mol. The van der Waals surface area contributed by atoms with E-state index in [4.69, 9.17) is 9.05 Å². The van der Waals surface area contributed by atoms with Crippen LogP contribution in [0.5, 0.6) is 0 Å². The maximum Gasteiger partial charge on any atom is 0.308 e. The molecule has 0 saturated carbocycles. The molecule has 0 saturated heterocycles. The van der Waals surface area contributed by atoms with E-state index >= 15 is 0 Å². The highest BCUT2D eigenvalue weighted by Crippen LogP contribution is 2.37.